The first-order valence-electron chi connectivity index (χ1n) is 33.1. The average Bonchev–Trinajstić information content (AvgIpc) is 3.39. The molecule has 0 aliphatic rings. The summed E-state index contributed by atoms with van der Waals surface area (Å²) >= 11 is 0. The SMILES string of the molecule is CCCCCC/C=C\CCCCCCCC(=O)OCCCCCCCCCCCCCCCCCCCCCCCCCCC(=O)NC(CO)C(O)/C=C/CCCCCCCCCCCCCCCCCCC. The Kier molecular flexibility index (Phi) is 61.4. The number of nitrogens with one attached hydrogen (secondary N) is 1. The lowest BCUT2D eigenvalue weighted by molar-refractivity contribution is -0.143. The first-order valence-corrected chi connectivity index (χ1v) is 33.1. The fourth-order valence-corrected chi connectivity index (χ4v) is 10.4. The second-order valence-corrected chi connectivity index (χ2v) is 22.8. The van der Waals surface area contributed by atoms with Gasteiger partial charge in [-0.25, -0.2) is 0 Å². The van der Waals surface area contributed by atoms with Crippen molar-refractivity contribution < 1.29 is 24.5 Å². The predicted molar refractivity (Wildman–Crippen MR) is 320 cm³/mol. The zero-order valence-electron chi connectivity index (χ0n) is 49.4. The fraction of sp³-hybridized carbons (Fsp3) is 0.910. The molecule has 0 aliphatic carbocycles. The number of amides is 1. The van der Waals surface area contributed by atoms with Crippen molar-refractivity contribution in [1.82, 2.24) is 5.32 Å². The van der Waals surface area contributed by atoms with Crippen LogP contribution < -0.4 is 5.32 Å². The number of hydrogen-bond donors (Lipinski definition) is 3. The third-order valence-electron chi connectivity index (χ3n) is 15.5. The largest absolute Gasteiger partial charge is 0.466 e. The van der Waals surface area contributed by atoms with Crippen molar-refractivity contribution in [1.29, 1.82) is 0 Å². The van der Waals surface area contributed by atoms with E-state index in [0.717, 1.165) is 44.9 Å². The average molecular weight is 1030 g/mol. The minimum absolute atomic E-state index is 0.00621. The molecule has 73 heavy (non-hydrogen) atoms. The summed E-state index contributed by atoms with van der Waals surface area (Å²) in [6.07, 6.45) is 78.0. The van der Waals surface area contributed by atoms with E-state index in [2.05, 4.69) is 31.3 Å². The monoisotopic (exact) mass is 1030 g/mol. The van der Waals surface area contributed by atoms with Crippen LogP contribution in [0, 0.1) is 0 Å². The van der Waals surface area contributed by atoms with Gasteiger partial charge in [0, 0.05) is 12.8 Å². The van der Waals surface area contributed by atoms with E-state index in [1.54, 1.807) is 6.08 Å². The molecule has 0 radical (unpaired) electrons. The first kappa shape index (κ1) is 71.3. The second kappa shape index (κ2) is 62.9. The summed E-state index contributed by atoms with van der Waals surface area (Å²) in [5.74, 6) is -0.0574. The van der Waals surface area contributed by atoms with Crippen LogP contribution in [0.5, 0.6) is 0 Å². The van der Waals surface area contributed by atoms with Crippen molar-refractivity contribution in [3.8, 4) is 0 Å². The molecule has 0 aliphatic heterocycles. The van der Waals surface area contributed by atoms with Gasteiger partial charge in [0.05, 0.1) is 25.4 Å². The van der Waals surface area contributed by atoms with Gasteiger partial charge in [-0.15, -0.1) is 0 Å². The van der Waals surface area contributed by atoms with Gasteiger partial charge in [0.1, 0.15) is 0 Å². The molecule has 0 spiro atoms. The van der Waals surface area contributed by atoms with Gasteiger partial charge in [-0.05, 0) is 57.8 Å². The van der Waals surface area contributed by atoms with Crippen LogP contribution in [-0.2, 0) is 14.3 Å². The third kappa shape index (κ3) is 59.4. The minimum atomic E-state index is -0.844. The summed E-state index contributed by atoms with van der Waals surface area (Å²) in [6.45, 7) is 4.92. The smallest absolute Gasteiger partial charge is 0.305 e. The van der Waals surface area contributed by atoms with E-state index in [1.807, 2.05) is 6.08 Å². The van der Waals surface area contributed by atoms with E-state index in [4.69, 9.17) is 4.74 Å². The van der Waals surface area contributed by atoms with Crippen molar-refractivity contribution >= 4 is 11.9 Å². The molecule has 0 bridgehead atoms. The number of carbonyl (C=O) groups excluding carboxylic acids is 2. The molecule has 0 saturated carbocycles. The van der Waals surface area contributed by atoms with E-state index >= 15 is 0 Å². The zero-order valence-corrected chi connectivity index (χ0v) is 49.4. The molecule has 0 aromatic carbocycles. The highest BCUT2D eigenvalue weighted by atomic mass is 16.5. The van der Waals surface area contributed by atoms with Crippen LogP contribution in [0.3, 0.4) is 0 Å². The van der Waals surface area contributed by atoms with Gasteiger partial charge in [-0.3, -0.25) is 9.59 Å². The van der Waals surface area contributed by atoms with Gasteiger partial charge in [-0.1, -0.05) is 321 Å². The maximum atomic E-state index is 12.5. The molecule has 1 amide bonds. The van der Waals surface area contributed by atoms with Crippen LogP contribution in [-0.4, -0.2) is 47.4 Å². The highest BCUT2D eigenvalue weighted by molar-refractivity contribution is 5.76. The highest BCUT2D eigenvalue weighted by Crippen LogP contribution is 2.18. The summed E-state index contributed by atoms with van der Waals surface area (Å²) in [6, 6.07) is -0.627. The molecule has 6 nitrogen and oxygen atoms in total. The van der Waals surface area contributed by atoms with Crippen LogP contribution in [0.25, 0.3) is 0 Å². The first-order chi connectivity index (χ1) is 36.0. The lowest BCUT2D eigenvalue weighted by atomic mass is 10.0. The van der Waals surface area contributed by atoms with Gasteiger partial charge in [-0.2, -0.15) is 0 Å². The summed E-state index contributed by atoms with van der Waals surface area (Å²) in [4.78, 5) is 24.5. The molecule has 0 heterocycles. The molecule has 6 heteroatoms. The van der Waals surface area contributed by atoms with E-state index < -0.39 is 12.1 Å². The van der Waals surface area contributed by atoms with Crippen LogP contribution in [0.15, 0.2) is 24.3 Å². The van der Waals surface area contributed by atoms with Gasteiger partial charge < -0.3 is 20.3 Å². The Hall–Kier alpha value is -1.66. The fourth-order valence-electron chi connectivity index (χ4n) is 10.4. The topological polar surface area (TPSA) is 95.9 Å². The number of esters is 1. The number of rotatable bonds is 62. The molecule has 3 N–H and O–H groups in total. The Balaban J connectivity index is 3.40. The number of unbranched alkanes of at least 4 members (excludes halogenated alkanes) is 49. The van der Waals surface area contributed by atoms with Gasteiger partial charge >= 0.3 is 5.97 Å². The maximum absolute atomic E-state index is 12.5. The second-order valence-electron chi connectivity index (χ2n) is 22.8. The standard InChI is InChI=1S/C67H129NO5/c1-3-5-7-9-11-13-15-17-18-19-26-29-32-36-39-43-47-51-55-59-65(70)64(63-69)68-66(71)60-56-52-48-44-40-37-33-30-27-24-22-20-21-23-25-28-31-34-38-42-46-50-54-58-62-73-67(72)61-57-53-49-45-41-35-16-14-12-10-8-6-4-2/h14,16,55,59,64-65,69-70H,3-13,15,17-54,56-58,60-63H2,1-2H3,(H,68,71)/b16-14-,59-55+. The Bertz CT molecular complexity index is 1140. The Labute approximate surface area is 456 Å². The summed E-state index contributed by atoms with van der Waals surface area (Å²) in [5.41, 5.74) is 0. The maximum Gasteiger partial charge on any atom is 0.305 e. The van der Waals surface area contributed by atoms with E-state index in [-0.39, 0.29) is 18.5 Å². The van der Waals surface area contributed by atoms with Crippen LogP contribution in [0.2, 0.25) is 0 Å². The van der Waals surface area contributed by atoms with Crippen molar-refractivity contribution in [2.24, 2.45) is 0 Å². The molecule has 0 aromatic rings. The minimum Gasteiger partial charge on any atom is -0.466 e. The van der Waals surface area contributed by atoms with E-state index in [1.165, 1.54) is 295 Å². The molecule has 0 aromatic heterocycles. The number of allylic oxidation sites excluding steroid dienone is 3. The number of carbonyl (C=O) groups is 2. The van der Waals surface area contributed by atoms with Crippen molar-refractivity contribution in [3.63, 3.8) is 0 Å². The molecule has 0 rings (SSSR count). The quantitative estimate of drug-likeness (QED) is 0.0320. The van der Waals surface area contributed by atoms with Gasteiger partial charge in [0.2, 0.25) is 5.91 Å². The zero-order chi connectivity index (χ0) is 52.9. The van der Waals surface area contributed by atoms with Crippen molar-refractivity contribution in [2.75, 3.05) is 13.2 Å². The van der Waals surface area contributed by atoms with Gasteiger partial charge in [0.15, 0.2) is 0 Å². The Morgan fingerprint density at radius 2 is 0.644 bits per heavy atom. The molecule has 2 unspecified atom stereocenters. The third-order valence-corrected chi connectivity index (χ3v) is 15.5. The molecular weight excluding hydrogens is 899 g/mol. The number of ether oxygens (including phenoxy) is 1. The van der Waals surface area contributed by atoms with Crippen molar-refractivity contribution in [2.45, 2.75) is 379 Å². The van der Waals surface area contributed by atoms with Crippen LogP contribution in [0.1, 0.15) is 367 Å². The lowest BCUT2D eigenvalue weighted by Crippen LogP contribution is -2.45. The Morgan fingerprint density at radius 3 is 0.986 bits per heavy atom. The Morgan fingerprint density at radius 1 is 0.370 bits per heavy atom. The van der Waals surface area contributed by atoms with Gasteiger partial charge in [0.25, 0.3) is 0 Å². The molecule has 0 fully saturated rings. The summed E-state index contributed by atoms with van der Waals surface area (Å²) in [7, 11) is 0. The molecule has 0 saturated heterocycles. The molecule has 432 valence electrons. The summed E-state index contributed by atoms with van der Waals surface area (Å²) < 4.78 is 5.48. The lowest BCUT2D eigenvalue weighted by Gasteiger charge is -2.20. The number of aliphatic hydroxyl groups excluding tert-OH is 2. The number of hydrogen-bond acceptors (Lipinski definition) is 5. The normalized spacial score (nSPS) is 12.7. The van der Waals surface area contributed by atoms with Crippen LogP contribution in [0.4, 0.5) is 0 Å². The van der Waals surface area contributed by atoms with E-state index in [0.29, 0.717) is 19.4 Å². The van der Waals surface area contributed by atoms with E-state index in [9.17, 15) is 19.8 Å². The van der Waals surface area contributed by atoms with Crippen molar-refractivity contribution in [3.05, 3.63) is 24.3 Å². The molecular formula is C67H129NO5. The van der Waals surface area contributed by atoms with Crippen LogP contribution >= 0.6 is 0 Å². The molecule has 2 atom stereocenters. The highest BCUT2D eigenvalue weighted by Gasteiger charge is 2.18. The summed E-state index contributed by atoms with van der Waals surface area (Å²) in [5, 5.41) is 23.2. The number of aliphatic hydroxyl groups is 2. The predicted octanol–water partition coefficient (Wildman–Crippen LogP) is 21.0.